The molecule has 4 N–H and O–H groups in total. The van der Waals surface area contributed by atoms with Crippen LogP contribution < -0.4 is 11.5 Å². The summed E-state index contributed by atoms with van der Waals surface area (Å²) in [5, 5.41) is 1.15. The molecular weight excluding hydrogens is 246 g/mol. The third kappa shape index (κ3) is 2.05. The molecule has 1 aromatic heterocycles. The van der Waals surface area contributed by atoms with Crippen LogP contribution in [0.15, 0.2) is 60.3 Å². The SMILES string of the molecule is NCC1=CCC(CN)(c2cccc3cccnc23)C=C1. The fraction of sp³-hybridized carbons (Fsp3) is 0.235. The second-order valence-corrected chi connectivity index (χ2v) is 5.26. The minimum absolute atomic E-state index is 0.174. The molecule has 1 aliphatic rings. The van der Waals surface area contributed by atoms with E-state index >= 15 is 0 Å². The van der Waals surface area contributed by atoms with Crippen LogP contribution in [0.5, 0.6) is 0 Å². The van der Waals surface area contributed by atoms with Crippen molar-refractivity contribution in [2.24, 2.45) is 11.5 Å². The number of allylic oxidation sites excluding steroid dienone is 1. The number of benzene rings is 1. The highest BCUT2D eigenvalue weighted by Crippen LogP contribution is 2.36. The van der Waals surface area contributed by atoms with Crippen molar-refractivity contribution in [3.63, 3.8) is 0 Å². The molecule has 0 saturated carbocycles. The van der Waals surface area contributed by atoms with Crippen molar-refractivity contribution >= 4 is 10.9 Å². The van der Waals surface area contributed by atoms with Crippen molar-refractivity contribution in [2.45, 2.75) is 11.8 Å². The van der Waals surface area contributed by atoms with Gasteiger partial charge in [0.25, 0.3) is 0 Å². The van der Waals surface area contributed by atoms with Gasteiger partial charge < -0.3 is 11.5 Å². The van der Waals surface area contributed by atoms with Crippen molar-refractivity contribution in [1.29, 1.82) is 0 Å². The molecule has 1 unspecified atom stereocenters. The minimum atomic E-state index is -0.174. The lowest BCUT2D eigenvalue weighted by molar-refractivity contribution is 0.550. The molecule has 20 heavy (non-hydrogen) atoms. The lowest BCUT2D eigenvalue weighted by Gasteiger charge is -2.32. The molecule has 3 heteroatoms. The van der Waals surface area contributed by atoms with Gasteiger partial charge in [0.05, 0.1) is 5.52 Å². The molecule has 0 amide bonds. The van der Waals surface area contributed by atoms with E-state index in [9.17, 15) is 0 Å². The lowest BCUT2D eigenvalue weighted by Crippen LogP contribution is -2.34. The third-order valence-corrected chi connectivity index (χ3v) is 4.11. The highest BCUT2D eigenvalue weighted by Gasteiger charge is 2.30. The molecular formula is C17H19N3. The molecule has 1 aromatic carbocycles. The van der Waals surface area contributed by atoms with Crippen LogP contribution in [0.25, 0.3) is 10.9 Å². The first-order valence-electron chi connectivity index (χ1n) is 6.92. The molecule has 0 saturated heterocycles. The normalized spacial score (nSPS) is 22.0. The summed E-state index contributed by atoms with van der Waals surface area (Å²) in [6, 6.07) is 10.3. The monoisotopic (exact) mass is 265 g/mol. The summed E-state index contributed by atoms with van der Waals surface area (Å²) < 4.78 is 0. The molecule has 3 nitrogen and oxygen atoms in total. The van der Waals surface area contributed by atoms with Crippen LogP contribution in [0.2, 0.25) is 0 Å². The van der Waals surface area contributed by atoms with Crippen molar-refractivity contribution in [3.05, 3.63) is 65.9 Å². The third-order valence-electron chi connectivity index (χ3n) is 4.11. The predicted octanol–water partition coefficient (Wildman–Crippen LogP) is 2.28. The Morgan fingerprint density at radius 2 is 2.00 bits per heavy atom. The van der Waals surface area contributed by atoms with Crippen LogP contribution in [0.3, 0.4) is 0 Å². The largest absolute Gasteiger partial charge is 0.329 e. The van der Waals surface area contributed by atoms with Gasteiger partial charge in [0, 0.05) is 30.1 Å². The quantitative estimate of drug-likeness (QED) is 0.894. The summed E-state index contributed by atoms with van der Waals surface area (Å²) in [5.41, 5.74) is 15.0. The van der Waals surface area contributed by atoms with E-state index in [0.29, 0.717) is 13.1 Å². The van der Waals surface area contributed by atoms with Crippen LogP contribution in [0, 0.1) is 0 Å². The molecule has 0 spiro atoms. The molecule has 0 bridgehead atoms. The second-order valence-electron chi connectivity index (χ2n) is 5.26. The summed E-state index contributed by atoms with van der Waals surface area (Å²) in [4.78, 5) is 4.55. The van der Waals surface area contributed by atoms with Crippen LogP contribution in [-0.4, -0.2) is 18.1 Å². The van der Waals surface area contributed by atoms with Gasteiger partial charge in [-0.25, -0.2) is 0 Å². The Morgan fingerprint density at radius 1 is 1.15 bits per heavy atom. The number of fused-ring (bicyclic) bond motifs is 1. The molecule has 2 aromatic rings. The van der Waals surface area contributed by atoms with Gasteiger partial charge in [0.15, 0.2) is 0 Å². The molecule has 1 aliphatic carbocycles. The van der Waals surface area contributed by atoms with Gasteiger partial charge in [0.1, 0.15) is 0 Å². The van der Waals surface area contributed by atoms with Crippen LogP contribution in [0.4, 0.5) is 0 Å². The van der Waals surface area contributed by atoms with E-state index in [0.717, 1.165) is 17.3 Å². The Morgan fingerprint density at radius 3 is 2.70 bits per heavy atom. The molecule has 102 valence electrons. The fourth-order valence-corrected chi connectivity index (χ4v) is 2.83. The number of hydrogen-bond acceptors (Lipinski definition) is 3. The zero-order chi connectivity index (χ0) is 14.0. The zero-order valence-electron chi connectivity index (χ0n) is 11.4. The Hall–Kier alpha value is -1.97. The van der Waals surface area contributed by atoms with Crippen LogP contribution in [0.1, 0.15) is 12.0 Å². The molecule has 3 rings (SSSR count). The maximum Gasteiger partial charge on any atom is 0.0743 e. The van der Waals surface area contributed by atoms with Crippen molar-refractivity contribution in [1.82, 2.24) is 4.98 Å². The summed E-state index contributed by atoms with van der Waals surface area (Å²) in [5.74, 6) is 0. The smallest absolute Gasteiger partial charge is 0.0743 e. The number of rotatable bonds is 3. The first kappa shape index (κ1) is 13.0. The number of hydrogen-bond donors (Lipinski definition) is 2. The summed E-state index contributed by atoms with van der Waals surface area (Å²) in [6.07, 6.45) is 9.19. The average Bonchev–Trinajstić information content (AvgIpc) is 2.54. The topological polar surface area (TPSA) is 64.9 Å². The summed E-state index contributed by atoms with van der Waals surface area (Å²) in [6.45, 7) is 1.14. The van der Waals surface area contributed by atoms with Gasteiger partial charge in [-0.15, -0.1) is 0 Å². The average molecular weight is 265 g/mol. The Balaban J connectivity index is 2.14. The number of aromatic nitrogens is 1. The number of nitrogens with zero attached hydrogens (tertiary/aromatic N) is 1. The Kier molecular flexibility index (Phi) is 3.38. The Bertz CT molecular complexity index is 682. The summed E-state index contributed by atoms with van der Waals surface area (Å²) in [7, 11) is 0. The van der Waals surface area contributed by atoms with E-state index < -0.39 is 0 Å². The highest BCUT2D eigenvalue weighted by atomic mass is 14.7. The van der Waals surface area contributed by atoms with E-state index in [-0.39, 0.29) is 5.41 Å². The lowest BCUT2D eigenvalue weighted by atomic mass is 9.73. The number of para-hydroxylation sites is 1. The van der Waals surface area contributed by atoms with Gasteiger partial charge in [0.2, 0.25) is 0 Å². The molecule has 1 atom stereocenters. The van der Waals surface area contributed by atoms with Crippen LogP contribution >= 0.6 is 0 Å². The number of pyridine rings is 1. The molecule has 0 radical (unpaired) electrons. The van der Waals surface area contributed by atoms with E-state index in [2.05, 4.69) is 47.5 Å². The maximum absolute atomic E-state index is 6.11. The van der Waals surface area contributed by atoms with Crippen LogP contribution in [-0.2, 0) is 5.41 Å². The first-order valence-corrected chi connectivity index (χ1v) is 6.92. The van der Waals surface area contributed by atoms with Gasteiger partial charge in [-0.3, -0.25) is 4.98 Å². The fourth-order valence-electron chi connectivity index (χ4n) is 2.83. The van der Waals surface area contributed by atoms with E-state index in [1.807, 2.05) is 12.3 Å². The standard InChI is InChI=1S/C17H19N3/c18-11-13-6-8-17(12-19,9-7-13)15-5-1-3-14-4-2-10-20-16(14)15/h1-8,10H,9,11-12,18-19H2. The van der Waals surface area contributed by atoms with Gasteiger partial charge in [-0.05, 0) is 23.6 Å². The second kappa shape index (κ2) is 5.19. The van der Waals surface area contributed by atoms with Crippen molar-refractivity contribution in [2.75, 3.05) is 13.1 Å². The van der Waals surface area contributed by atoms with Crippen molar-refractivity contribution in [3.8, 4) is 0 Å². The predicted molar refractivity (Wildman–Crippen MR) is 83.4 cm³/mol. The van der Waals surface area contributed by atoms with Gasteiger partial charge in [-0.2, -0.15) is 0 Å². The zero-order valence-corrected chi connectivity index (χ0v) is 11.4. The summed E-state index contributed by atoms with van der Waals surface area (Å²) >= 11 is 0. The van der Waals surface area contributed by atoms with E-state index in [4.69, 9.17) is 11.5 Å². The van der Waals surface area contributed by atoms with Gasteiger partial charge >= 0.3 is 0 Å². The first-order chi connectivity index (χ1) is 9.79. The molecule has 0 aliphatic heterocycles. The maximum atomic E-state index is 6.11. The highest BCUT2D eigenvalue weighted by molar-refractivity contribution is 5.83. The Labute approximate surface area is 119 Å². The molecule has 0 fully saturated rings. The molecule has 1 heterocycles. The number of nitrogens with two attached hydrogens (primary N) is 2. The van der Waals surface area contributed by atoms with E-state index in [1.165, 1.54) is 11.1 Å². The van der Waals surface area contributed by atoms with Crippen molar-refractivity contribution < 1.29 is 0 Å². The van der Waals surface area contributed by atoms with Gasteiger partial charge in [-0.1, -0.05) is 42.5 Å². The van der Waals surface area contributed by atoms with E-state index in [1.54, 1.807) is 0 Å². The minimum Gasteiger partial charge on any atom is -0.329 e.